The van der Waals surface area contributed by atoms with Gasteiger partial charge in [0.2, 0.25) is 0 Å². The van der Waals surface area contributed by atoms with Crippen LogP contribution >= 0.6 is 0 Å². The first-order valence-corrected chi connectivity index (χ1v) is 5.92. The van der Waals surface area contributed by atoms with E-state index in [1.165, 1.54) is 0 Å². The predicted molar refractivity (Wildman–Crippen MR) is 63.2 cm³/mol. The van der Waals surface area contributed by atoms with Crippen molar-refractivity contribution in [1.82, 2.24) is 0 Å². The average Bonchev–Trinajstić information content (AvgIpc) is 2.84. The van der Waals surface area contributed by atoms with Gasteiger partial charge in [-0.2, -0.15) is 0 Å². The number of benzene rings is 1. The van der Waals surface area contributed by atoms with Crippen molar-refractivity contribution in [2.75, 3.05) is 13.2 Å². The molecule has 5 heteroatoms. The van der Waals surface area contributed by atoms with Gasteiger partial charge in [-0.05, 0) is 30.2 Å². The van der Waals surface area contributed by atoms with E-state index in [2.05, 4.69) is 4.74 Å². The average molecular weight is 252 g/mol. The highest BCUT2D eigenvalue weighted by atomic mass is 16.5. The lowest BCUT2D eigenvalue weighted by atomic mass is 10.0. The van der Waals surface area contributed by atoms with Crippen LogP contribution in [0.5, 0.6) is 5.75 Å². The zero-order valence-electron chi connectivity index (χ0n) is 10.1. The molecule has 0 spiro atoms. The Labute approximate surface area is 105 Å². The Morgan fingerprint density at radius 1 is 1.50 bits per heavy atom. The lowest BCUT2D eigenvalue weighted by Gasteiger charge is -2.17. The lowest BCUT2D eigenvalue weighted by molar-refractivity contribution is -0.159. The zero-order valence-corrected chi connectivity index (χ0v) is 10.1. The fourth-order valence-corrected chi connectivity index (χ4v) is 1.93. The lowest BCUT2D eigenvalue weighted by Crippen LogP contribution is -2.29. The second-order valence-electron chi connectivity index (χ2n) is 4.11. The molecule has 18 heavy (non-hydrogen) atoms. The van der Waals surface area contributed by atoms with E-state index < -0.39 is 18.2 Å². The van der Waals surface area contributed by atoms with E-state index in [-0.39, 0.29) is 6.61 Å². The standard InChI is InChI=1S/C13H16O5/c1-2-17-13(16)12(15)11(14)9-3-4-10-8(7-9)5-6-18-10/h3-4,7,11-12,14-15H,2,5-6H2,1H3. The summed E-state index contributed by atoms with van der Waals surface area (Å²) in [5.41, 5.74) is 1.46. The number of esters is 1. The summed E-state index contributed by atoms with van der Waals surface area (Å²) in [4.78, 5) is 11.3. The number of carbonyl (C=O) groups excluding carboxylic acids is 1. The summed E-state index contributed by atoms with van der Waals surface area (Å²) >= 11 is 0. The van der Waals surface area contributed by atoms with Gasteiger partial charge in [-0.3, -0.25) is 0 Å². The smallest absolute Gasteiger partial charge is 0.338 e. The molecule has 2 unspecified atom stereocenters. The summed E-state index contributed by atoms with van der Waals surface area (Å²) in [6.45, 7) is 2.43. The minimum Gasteiger partial charge on any atom is -0.493 e. The molecule has 0 aliphatic carbocycles. The number of fused-ring (bicyclic) bond motifs is 1. The van der Waals surface area contributed by atoms with Crippen LogP contribution < -0.4 is 4.74 Å². The molecule has 0 amide bonds. The largest absolute Gasteiger partial charge is 0.493 e. The number of carbonyl (C=O) groups is 1. The molecule has 0 saturated heterocycles. The van der Waals surface area contributed by atoms with Gasteiger partial charge in [-0.15, -0.1) is 0 Å². The highest BCUT2D eigenvalue weighted by Gasteiger charge is 2.27. The van der Waals surface area contributed by atoms with Crippen molar-refractivity contribution >= 4 is 5.97 Å². The van der Waals surface area contributed by atoms with Gasteiger partial charge in [-0.1, -0.05) is 6.07 Å². The minimum absolute atomic E-state index is 0.167. The molecule has 0 aromatic heterocycles. The van der Waals surface area contributed by atoms with Gasteiger partial charge in [-0.25, -0.2) is 4.79 Å². The van der Waals surface area contributed by atoms with E-state index in [0.29, 0.717) is 12.2 Å². The maximum Gasteiger partial charge on any atom is 0.338 e. The van der Waals surface area contributed by atoms with Crippen LogP contribution in [0.25, 0.3) is 0 Å². The fourth-order valence-electron chi connectivity index (χ4n) is 1.93. The molecule has 2 atom stereocenters. The van der Waals surface area contributed by atoms with Crippen LogP contribution in [0.4, 0.5) is 0 Å². The first-order valence-electron chi connectivity index (χ1n) is 5.92. The summed E-state index contributed by atoms with van der Waals surface area (Å²) in [5.74, 6) is -0.0293. The maximum absolute atomic E-state index is 11.3. The third kappa shape index (κ3) is 2.47. The first kappa shape index (κ1) is 12.9. The third-order valence-corrected chi connectivity index (χ3v) is 2.88. The van der Waals surface area contributed by atoms with Crippen LogP contribution in [0, 0.1) is 0 Å². The van der Waals surface area contributed by atoms with Gasteiger partial charge >= 0.3 is 5.97 Å². The number of rotatable bonds is 4. The van der Waals surface area contributed by atoms with Crippen molar-refractivity contribution in [1.29, 1.82) is 0 Å². The summed E-state index contributed by atoms with van der Waals surface area (Å²) in [5, 5.41) is 19.6. The molecule has 98 valence electrons. The summed E-state index contributed by atoms with van der Waals surface area (Å²) in [6, 6.07) is 5.12. The topological polar surface area (TPSA) is 76.0 Å². The second-order valence-corrected chi connectivity index (χ2v) is 4.11. The Balaban J connectivity index is 2.13. The normalized spacial score (nSPS) is 16.6. The van der Waals surface area contributed by atoms with E-state index in [1.54, 1.807) is 25.1 Å². The Bertz CT molecular complexity index is 443. The van der Waals surface area contributed by atoms with Crippen LogP contribution in [0.2, 0.25) is 0 Å². The molecule has 0 fully saturated rings. The Morgan fingerprint density at radius 2 is 2.28 bits per heavy atom. The van der Waals surface area contributed by atoms with Crippen LogP contribution in [-0.4, -0.2) is 35.5 Å². The third-order valence-electron chi connectivity index (χ3n) is 2.88. The molecule has 2 rings (SSSR count). The molecule has 0 saturated carbocycles. The Kier molecular flexibility index (Phi) is 3.84. The number of hydrogen-bond acceptors (Lipinski definition) is 5. The Hall–Kier alpha value is -1.59. The van der Waals surface area contributed by atoms with Crippen molar-refractivity contribution in [3.05, 3.63) is 29.3 Å². The van der Waals surface area contributed by atoms with Gasteiger partial charge in [0.25, 0.3) is 0 Å². The van der Waals surface area contributed by atoms with Gasteiger partial charge in [0.05, 0.1) is 13.2 Å². The minimum atomic E-state index is -1.56. The van der Waals surface area contributed by atoms with Crippen molar-refractivity contribution < 1.29 is 24.5 Å². The van der Waals surface area contributed by atoms with E-state index in [4.69, 9.17) is 4.74 Å². The predicted octanol–water partition coefficient (Wildman–Crippen LogP) is 0.579. The SMILES string of the molecule is CCOC(=O)C(O)C(O)c1ccc2c(c1)CCO2. The number of aliphatic hydroxyl groups excluding tert-OH is 2. The molecular formula is C13H16O5. The molecule has 1 aromatic carbocycles. The molecule has 0 radical (unpaired) electrons. The van der Waals surface area contributed by atoms with Crippen molar-refractivity contribution in [2.45, 2.75) is 25.6 Å². The number of aliphatic hydroxyl groups is 2. The number of ether oxygens (including phenoxy) is 2. The monoisotopic (exact) mass is 252 g/mol. The summed E-state index contributed by atoms with van der Waals surface area (Å²) in [7, 11) is 0. The molecule has 1 aliphatic rings. The van der Waals surface area contributed by atoms with Crippen molar-refractivity contribution in [3.63, 3.8) is 0 Å². The molecule has 1 heterocycles. The summed E-state index contributed by atoms with van der Waals surface area (Å²) < 4.78 is 10.0. The van der Waals surface area contributed by atoms with Crippen LogP contribution in [0.15, 0.2) is 18.2 Å². The quantitative estimate of drug-likeness (QED) is 0.767. The zero-order chi connectivity index (χ0) is 13.1. The van der Waals surface area contributed by atoms with E-state index in [1.807, 2.05) is 0 Å². The Morgan fingerprint density at radius 3 is 3.00 bits per heavy atom. The molecule has 2 N–H and O–H groups in total. The van der Waals surface area contributed by atoms with E-state index >= 15 is 0 Å². The maximum atomic E-state index is 11.3. The van der Waals surface area contributed by atoms with E-state index in [9.17, 15) is 15.0 Å². The van der Waals surface area contributed by atoms with Gasteiger partial charge in [0.1, 0.15) is 11.9 Å². The molecule has 1 aromatic rings. The molecule has 0 bridgehead atoms. The van der Waals surface area contributed by atoms with Gasteiger partial charge in [0, 0.05) is 6.42 Å². The number of hydrogen-bond donors (Lipinski definition) is 2. The highest BCUT2D eigenvalue weighted by molar-refractivity contribution is 5.75. The van der Waals surface area contributed by atoms with Gasteiger partial charge in [0.15, 0.2) is 6.10 Å². The highest BCUT2D eigenvalue weighted by Crippen LogP contribution is 2.29. The molecule has 1 aliphatic heterocycles. The van der Waals surface area contributed by atoms with Crippen LogP contribution in [0.1, 0.15) is 24.2 Å². The second kappa shape index (κ2) is 5.37. The summed E-state index contributed by atoms with van der Waals surface area (Å²) in [6.07, 6.45) is -2.08. The molecule has 5 nitrogen and oxygen atoms in total. The van der Waals surface area contributed by atoms with Crippen LogP contribution in [-0.2, 0) is 16.0 Å². The van der Waals surface area contributed by atoms with E-state index in [0.717, 1.165) is 17.7 Å². The molecular weight excluding hydrogens is 236 g/mol. The van der Waals surface area contributed by atoms with Crippen molar-refractivity contribution in [3.8, 4) is 5.75 Å². The van der Waals surface area contributed by atoms with Crippen LogP contribution in [0.3, 0.4) is 0 Å². The van der Waals surface area contributed by atoms with Crippen molar-refractivity contribution in [2.24, 2.45) is 0 Å². The van der Waals surface area contributed by atoms with Gasteiger partial charge < -0.3 is 19.7 Å². The fraction of sp³-hybridized carbons (Fsp3) is 0.462. The first-order chi connectivity index (χ1) is 8.63.